The number of nitrogens with two attached hydrogens (primary N) is 1. The first-order valence-corrected chi connectivity index (χ1v) is 10.2. The van der Waals surface area contributed by atoms with Crippen molar-refractivity contribution >= 4 is 6.09 Å². The number of ether oxygens (including phenoxy) is 3. The maximum atomic E-state index is 12.6. The Morgan fingerprint density at radius 1 is 0.897 bits per heavy atom. The fourth-order valence-corrected chi connectivity index (χ4v) is 2.91. The molecule has 0 unspecified atom stereocenters. The Labute approximate surface area is 173 Å². The average molecular weight is 401 g/mol. The Balaban J connectivity index is 1.86. The molecule has 2 N–H and O–H groups in total. The standard InChI is InChI=1S/C23H32N2O4/c1-27-21-13-7-8-14-22(21)28-18-17-25(16-10-3-2-9-15-24)23(26)29-19-20-11-5-4-6-12-20/h4-8,11-14H,2-3,9-10,15-19,24H2,1H3. The smallest absolute Gasteiger partial charge is 0.410 e. The zero-order valence-electron chi connectivity index (χ0n) is 17.2. The van der Waals surface area contributed by atoms with Gasteiger partial charge in [0.05, 0.1) is 13.7 Å². The third-order valence-electron chi connectivity index (χ3n) is 4.53. The summed E-state index contributed by atoms with van der Waals surface area (Å²) in [7, 11) is 1.61. The average Bonchev–Trinajstić information content (AvgIpc) is 2.77. The van der Waals surface area contributed by atoms with Gasteiger partial charge in [-0.3, -0.25) is 0 Å². The lowest BCUT2D eigenvalue weighted by molar-refractivity contribution is 0.0894. The van der Waals surface area contributed by atoms with Gasteiger partial charge in [0.2, 0.25) is 0 Å². The molecular formula is C23H32N2O4. The fraction of sp³-hybridized carbons (Fsp3) is 0.435. The van der Waals surface area contributed by atoms with Crippen LogP contribution in [-0.4, -0.2) is 44.3 Å². The molecule has 29 heavy (non-hydrogen) atoms. The maximum Gasteiger partial charge on any atom is 0.410 e. The number of benzene rings is 2. The summed E-state index contributed by atoms with van der Waals surface area (Å²) < 4.78 is 16.6. The van der Waals surface area contributed by atoms with Crippen LogP contribution in [0.3, 0.4) is 0 Å². The molecule has 0 heterocycles. The van der Waals surface area contributed by atoms with E-state index in [9.17, 15) is 4.79 Å². The zero-order chi connectivity index (χ0) is 20.7. The summed E-state index contributed by atoms with van der Waals surface area (Å²) >= 11 is 0. The van der Waals surface area contributed by atoms with E-state index < -0.39 is 0 Å². The third kappa shape index (κ3) is 8.44. The fourth-order valence-electron chi connectivity index (χ4n) is 2.91. The van der Waals surface area contributed by atoms with Gasteiger partial charge in [0, 0.05) is 6.54 Å². The van der Waals surface area contributed by atoms with Gasteiger partial charge >= 0.3 is 6.09 Å². The molecule has 2 aromatic carbocycles. The summed E-state index contributed by atoms with van der Waals surface area (Å²) in [4.78, 5) is 14.3. The third-order valence-corrected chi connectivity index (χ3v) is 4.53. The molecule has 0 spiro atoms. The van der Waals surface area contributed by atoms with E-state index in [0.29, 0.717) is 37.7 Å². The normalized spacial score (nSPS) is 10.4. The van der Waals surface area contributed by atoms with Crippen LogP contribution in [0.15, 0.2) is 54.6 Å². The Bertz CT molecular complexity index is 709. The van der Waals surface area contributed by atoms with Crippen LogP contribution in [0.1, 0.15) is 31.2 Å². The van der Waals surface area contributed by atoms with Gasteiger partial charge in [-0.2, -0.15) is 0 Å². The molecule has 0 aromatic heterocycles. The van der Waals surface area contributed by atoms with Gasteiger partial charge in [0.25, 0.3) is 0 Å². The summed E-state index contributed by atoms with van der Waals surface area (Å²) in [6.07, 6.45) is 3.70. The molecule has 0 saturated heterocycles. The van der Waals surface area contributed by atoms with Crippen molar-refractivity contribution in [3.05, 3.63) is 60.2 Å². The molecule has 0 aliphatic rings. The topological polar surface area (TPSA) is 74.0 Å². The number of methoxy groups -OCH3 is 1. The van der Waals surface area contributed by atoms with Crippen LogP contribution in [0.4, 0.5) is 4.79 Å². The Hall–Kier alpha value is -2.73. The van der Waals surface area contributed by atoms with E-state index in [1.54, 1.807) is 12.0 Å². The minimum absolute atomic E-state index is 0.261. The highest BCUT2D eigenvalue weighted by Gasteiger charge is 2.15. The van der Waals surface area contributed by atoms with Crippen molar-refractivity contribution in [2.45, 2.75) is 32.3 Å². The molecule has 1 amide bonds. The number of amides is 1. The van der Waals surface area contributed by atoms with Crippen LogP contribution in [0.2, 0.25) is 0 Å². The lowest BCUT2D eigenvalue weighted by Crippen LogP contribution is -2.36. The van der Waals surface area contributed by atoms with Gasteiger partial charge in [-0.1, -0.05) is 55.3 Å². The van der Waals surface area contributed by atoms with Gasteiger partial charge in [-0.05, 0) is 37.1 Å². The van der Waals surface area contributed by atoms with Gasteiger partial charge in [-0.25, -0.2) is 4.79 Å². The molecule has 6 heteroatoms. The van der Waals surface area contributed by atoms with Crippen LogP contribution in [0.5, 0.6) is 11.5 Å². The molecule has 0 saturated carbocycles. The molecule has 0 aliphatic heterocycles. The summed E-state index contributed by atoms with van der Waals surface area (Å²) in [6, 6.07) is 17.2. The highest BCUT2D eigenvalue weighted by molar-refractivity contribution is 5.67. The first-order valence-electron chi connectivity index (χ1n) is 10.2. The number of para-hydroxylation sites is 2. The van der Waals surface area contributed by atoms with Crippen molar-refractivity contribution in [2.24, 2.45) is 5.73 Å². The monoisotopic (exact) mass is 400 g/mol. The summed E-state index contributed by atoms with van der Waals surface area (Å²) in [5.74, 6) is 1.34. The van der Waals surface area contributed by atoms with Crippen LogP contribution >= 0.6 is 0 Å². The maximum absolute atomic E-state index is 12.6. The molecule has 2 rings (SSSR count). The summed E-state index contributed by atoms with van der Waals surface area (Å²) in [5.41, 5.74) is 6.51. The highest BCUT2D eigenvalue weighted by atomic mass is 16.6. The van der Waals surface area contributed by atoms with Crippen molar-refractivity contribution in [3.8, 4) is 11.5 Å². The van der Waals surface area contributed by atoms with Crippen LogP contribution in [0.25, 0.3) is 0 Å². The number of rotatable bonds is 13. The number of carbonyl (C=O) groups excluding carboxylic acids is 1. The van der Waals surface area contributed by atoms with E-state index in [-0.39, 0.29) is 12.7 Å². The van der Waals surface area contributed by atoms with Gasteiger partial charge in [-0.15, -0.1) is 0 Å². The van der Waals surface area contributed by atoms with Crippen LogP contribution in [0, 0.1) is 0 Å². The van der Waals surface area contributed by atoms with Crippen LogP contribution in [-0.2, 0) is 11.3 Å². The quantitative estimate of drug-likeness (QED) is 0.509. The summed E-state index contributed by atoms with van der Waals surface area (Å²) in [6.45, 7) is 2.41. The van der Waals surface area contributed by atoms with Gasteiger partial charge < -0.3 is 24.8 Å². The largest absolute Gasteiger partial charge is 0.493 e. The molecule has 158 valence electrons. The second-order valence-corrected chi connectivity index (χ2v) is 6.73. The zero-order valence-corrected chi connectivity index (χ0v) is 17.2. The van der Waals surface area contributed by atoms with E-state index in [4.69, 9.17) is 19.9 Å². The Morgan fingerprint density at radius 3 is 2.31 bits per heavy atom. The highest BCUT2D eigenvalue weighted by Crippen LogP contribution is 2.25. The molecule has 0 aliphatic carbocycles. The minimum atomic E-state index is -0.323. The molecule has 6 nitrogen and oxygen atoms in total. The predicted molar refractivity (Wildman–Crippen MR) is 114 cm³/mol. The Morgan fingerprint density at radius 2 is 1.59 bits per heavy atom. The molecule has 2 aromatic rings. The second-order valence-electron chi connectivity index (χ2n) is 6.73. The van der Waals surface area contributed by atoms with Gasteiger partial charge in [0.15, 0.2) is 11.5 Å². The number of unbranched alkanes of at least 4 members (excludes halogenated alkanes) is 3. The minimum Gasteiger partial charge on any atom is -0.493 e. The summed E-state index contributed by atoms with van der Waals surface area (Å²) in [5, 5.41) is 0. The number of carbonyl (C=O) groups is 1. The number of hydrogen-bond acceptors (Lipinski definition) is 5. The second kappa shape index (κ2) is 13.4. The van der Waals surface area contributed by atoms with E-state index in [2.05, 4.69) is 0 Å². The number of nitrogens with zero attached hydrogens (tertiary/aromatic N) is 1. The van der Waals surface area contributed by atoms with E-state index in [1.807, 2.05) is 54.6 Å². The van der Waals surface area contributed by atoms with Crippen molar-refractivity contribution in [1.82, 2.24) is 4.90 Å². The van der Waals surface area contributed by atoms with Crippen molar-refractivity contribution in [2.75, 3.05) is 33.4 Å². The van der Waals surface area contributed by atoms with Gasteiger partial charge in [0.1, 0.15) is 13.2 Å². The predicted octanol–water partition coefficient (Wildman–Crippen LogP) is 4.23. The van der Waals surface area contributed by atoms with Crippen molar-refractivity contribution in [3.63, 3.8) is 0 Å². The lowest BCUT2D eigenvalue weighted by Gasteiger charge is -2.22. The molecule has 0 bridgehead atoms. The molecule has 0 fully saturated rings. The SMILES string of the molecule is COc1ccccc1OCCN(CCCCCCN)C(=O)OCc1ccccc1. The molecular weight excluding hydrogens is 368 g/mol. The molecule has 0 radical (unpaired) electrons. The van der Waals surface area contributed by atoms with Crippen molar-refractivity contribution < 1.29 is 19.0 Å². The number of hydrogen-bond donors (Lipinski definition) is 1. The Kier molecular flexibility index (Phi) is 10.5. The first kappa shape index (κ1) is 22.6. The van der Waals surface area contributed by atoms with Crippen LogP contribution < -0.4 is 15.2 Å². The van der Waals surface area contributed by atoms with E-state index in [1.165, 1.54) is 0 Å². The van der Waals surface area contributed by atoms with E-state index >= 15 is 0 Å². The van der Waals surface area contributed by atoms with E-state index in [0.717, 1.165) is 31.2 Å². The molecule has 0 atom stereocenters. The first-order chi connectivity index (χ1) is 14.2. The van der Waals surface area contributed by atoms with Crippen molar-refractivity contribution in [1.29, 1.82) is 0 Å². The lowest BCUT2D eigenvalue weighted by atomic mass is 10.2.